The van der Waals surface area contributed by atoms with Crippen molar-refractivity contribution in [1.82, 2.24) is 4.90 Å². The molecule has 1 fully saturated rings. The first-order chi connectivity index (χ1) is 12.1. The standard InChI is InChI=1S/C20H22ClNO3/c1-3-25-18-11-6-15(12-19(18)24-2)20(23)22(17-9-10-17)13-14-4-7-16(21)8-5-14/h4-8,11-12,17H,3,9-10,13H2,1-2H3. The minimum absolute atomic E-state index is 0.0128. The van der Waals surface area contributed by atoms with E-state index in [1.54, 1.807) is 25.3 Å². The molecule has 0 bridgehead atoms. The highest BCUT2D eigenvalue weighted by Crippen LogP contribution is 2.33. The Morgan fingerprint density at radius 3 is 2.48 bits per heavy atom. The summed E-state index contributed by atoms with van der Waals surface area (Å²) in [4.78, 5) is 15.0. The first-order valence-corrected chi connectivity index (χ1v) is 8.86. The van der Waals surface area contributed by atoms with E-state index in [0.29, 0.717) is 41.3 Å². The van der Waals surface area contributed by atoms with Crippen LogP contribution in [-0.4, -0.2) is 30.6 Å². The lowest BCUT2D eigenvalue weighted by molar-refractivity contribution is 0.0729. The Morgan fingerprint density at radius 1 is 1.16 bits per heavy atom. The van der Waals surface area contributed by atoms with Gasteiger partial charge in [-0.3, -0.25) is 4.79 Å². The second kappa shape index (κ2) is 7.79. The number of hydrogen-bond acceptors (Lipinski definition) is 3. The van der Waals surface area contributed by atoms with Crippen LogP contribution in [0.25, 0.3) is 0 Å². The Morgan fingerprint density at radius 2 is 1.88 bits per heavy atom. The van der Waals surface area contributed by atoms with Gasteiger partial charge in [0, 0.05) is 23.2 Å². The van der Waals surface area contributed by atoms with Gasteiger partial charge in [0.15, 0.2) is 11.5 Å². The van der Waals surface area contributed by atoms with E-state index in [-0.39, 0.29) is 5.91 Å². The fourth-order valence-electron chi connectivity index (χ4n) is 2.78. The highest BCUT2D eigenvalue weighted by atomic mass is 35.5. The molecule has 0 aliphatic heterocycles. The van der Waals surface area contributed by atoms with Crippen molar-refractivity contribution in [3.05, 3.63) is 58.6 Å². The molecule has 0 N–H and O–H groups in total. The van der Waals surface area contributed by atoms with E-state index in [2.05, 4.69) is 0 Å². The Hall–Kier alpha value is -2.20. The van der Waals surface area contributed by atoms with Gasteiger partial charge in [0.05, 0.1) is 13.7 Å². The van der Waals surface area contributed by atoms with E-state index < -0.39 is 0 Å². The SMILES string of the molecule is CCOc1ccc(C(=O)N(Cc2ccc(Cl)cc2)C2CC2)cc1OC. The van der Waals surface area contributed by atoms with E-state index in [9.17, 15) is 4.79 Å². The first-order valence-electron chi connectivity index (χ1n) is 8.48. The molecule has 0 aromatic heterocycles. The van der Waals surface area contributed by atoms with Crippen LogP contribution < -0.4 is 9.47 Å². The summed E-state index contributed by atoms with van der Waals surface area (Å²) >= 11 is 5.95. The Labute approximate surface area is 153 Å². The fraction of sp³-hybridized carbons (Fsp3) is 0.350. The summed E-state index contributed by atoms with van der Waals surface area (Å²) in [6, 6.07) is 13.3. The van der Waals surface area contributed by atoms with Gasteiger partial charge in [0.2, 0.25) is 0 Å². The minimum Gasteiger partial charge on any atom is -0.493 e. The molecule has 1 aliphatic carbocycles. The molecule has 0 unspecified atom stereocenters. The summed E-state index contributed by atoms with van der Waals surface area (Å²) in [6.07, 6.45) is 2.10. The molecule has 0 atom stereocenters. The molecule has 1 amide bonds. The van der Waals surface area contributed by atoms with Crippen molar-refractivity contribution in [2.24, 2.45) is 0 Å². The van der Waals surface area contributed by atoms with E-state index in [1.807, 2.05) is 36.1 Å². The first kappa shape index (κ1) is 17.6. The molecular weight excluding hydrogens is 338 g/mol. The third-order valence-corrected chi connectivity index (χ3v) is 4.48. The van der Waals surface area contributed by atoms with Gasteiger partial charge in [-0.05, 0) is 55.7 Å². The summed E-state index contributed by atoms with van der Waals surface area (Å²) < 4.78 is 10.9. The number of nitrogens with zero attached hydrogens (tertiary/aromatic N) is 1. The summed E-state index contributed by atoms with van der Waals surface area (Å²) in [7, 11) is 1.58. The van der Waals surface area contributed by atoms with E-state index >= 15 is 0 Å². The molecule has 0 radical (unpaired) electrons. The quantitative estimate of drug-likeness (QED) is 0.727. The molecule has 0 saturated heterocycles. The Bertz CT molecular complexity index is 741. The van der Waals surface area contributed by atoms with Crippen molar-refractivity contribution in [1.29, 1.82) is 0 Å². The van der Waals surface area contributed by atoms with E-state index in [4.69, 9.17) is 21.1 Å². The van der Waals surface area contributed by atoms with Crippen LogP contribution in [0.4, 0.5) is 0 Å². The highest BCUT2D eigenvalue weighted by molar-refractivity contribution is 6.30. The third kappa shape index (κ3) is 4.26. The fourth-order valence-corrected chi connectivity index (χ4v) is 2.91. The number of carbonyl (C=O) groups excluding carboxylic acids is 1. The number of carbonyl (C=O) groups is 1. The molecular formula is C20H22ClNO3. The summed E-state index contributed by atoms with van der Waals surface area (Å²) in [5.74, 6) is 1.24. The summed E-state index contributed by atoms with van der Waals surface area (Å²) in [6.45, 7) is 3.05. The van der Waals surface area contributed by atoms with Crippen LogP contribution in [0.15, 0.2) is 42.5 Å². The van der Waals surface area contributed by atoms with Crippen LogP contribution in [0.1, 0.15) is 35.7 Å². The lowest BCUT2D eigenvalue weighted by Crippen LogP contribution is -2.32. The molecule has 2 aromatic carbocycles. The van der Waals surface area contributed by atoms with Gasteiger partial charge >= 0.3 is 0 Å². The van der Waals surface area contributed by atoms with Gasteiger partial charge in [-0.1, -0.05) is 23.7 Å². The molecule has 0 spiro atoms. The number of hydrogen-bond donors (Lipinski definition) is 0. The third-order valence-electron chi connectivity index (χ3n) is 4.23. The molecule has 0 heterocycles. The van der Waals surface area contributed by atoms with Crippen molar-refractivity contribution in [3.8, 4) is 11.5 Å². The van der Waals surface area contributed by atoms with Gasteiger partial charge in [-0.15, -0.1) is 0 Å². The van der Waals surface area contributed by atoms with Crippen molar-refractivity contribution in [2.75, 3.05) is 13.7 Å². The number of ether oxygens (including phenoxy) is 2. The highest BCUT2D eigenvalue weighted by Gasteiger charge is 2.33. The van der Waals surface area contributed by atoms with Crippen LogP contribution in [0, 0.1) is 0 Å². The molecule has 1 saturated carbocycles. The van der Waals surface area contributed by atoms with Gasteiger partial charge in [-0.25, -0.2) is 0 Å². The molecule has 132 valence electrons. The molecule has 25 heavy (non-hydrogen) atoms. The smallest absolute Gasteiger partial charge is 0.254 e. The lowest BCUT2D eigenvalue weighted by atomic mass is 10.1. The second-order valence-electron chi connectivity index (χ2n) is 6.09. The van der Waals surface area contributed by atoms with E-state index in [1.165, 1.54) is 0 Å². The van der Waals surface area contributed by atoms with Crippen molar-refractivity contribution in [3.63, 3.8) is 0 Å². The average molecular weight is 360 g/mol. The van der Waals surface area contributed by atoms with E-state index in [0.717, 1.165) is 18.4 Å². The van der Waals surface area contributed by atoms with Gasteiger partial charge < -0.3 is 14.4 Å². The predicted octanol–water partition coefficient (Wildman–Crippen LogP) is 4.55. The molecule has 2 aromatic rings. The van der Waals surface area contributed by atoms with Gasteiger partial charge in [0.1, 0.15) is 0 Å². The zero-order valence-corrected chi connectivity index (χ0v) is 15.3. The van der Waals surface area contributed by atoms with Gasteiger partial charge in [0.25, 0.3) is 5.91 Å². The van der Waals surface area contributed by atoms with Crippen LogP contribution >= 0.6 is 11.6 Å². The monoisotopic (exact) mass is 359 g/mol. The maximum absolute atomic E-state index is 13.0. The Kier molecular flexibility index (Phi) is 5.49. The zero-order valence-electron chi connectivity index (χ0n) is 14.5. The van der Waals surface area contributed by atoms with Crippen molar-refractivity contribution >= 4 is 17.5 Å². The number of amides is 1. The summed E-state index contributed by atoms with van der Waals surface area (Å²) in [5.41, 5.74) is 1.68. The predicted molar refractivity (Wildman–Crippen MR) is 98.5 cm³/mol. The van der Waals surface area contributed by atoms with Crippen LogP contribution in [0.5, 0.6) is 11.5 Å². The van der Waals surface area contributed by atoms with Crippen molar-refractivity contribution in [2.45, 2.75) is 32.4 Å². The zero-order chi connectivity index (χ0) is 17.8. The lowest BCUT2D eigenvalue weighted by Gasteiger charge is -2.23. The normalized spacial score (nSPS) is 13.4. The maximum Gasteiger partial charge on any atom is 0.254 e. The van der Waals surface area contributed by atoms with Crippen molar-refractivity contribution < 1.29 is 14.3 Å². The number of methoxy groups -OCH3 is 1. The Balaban J connectivity index is 1.82. The van der Waals surface area contributed by atoms with Crippen LogP contribution in [0.3, 0.4) is 0 Å². The number of benzene rings is 2. The number of rotatable bonds is 7. The molecule has 5 heteroatoms. The van der Waals surface area contributed by atoms with Gasteiger partial charge in [-0.2, -0.15) is 0 Å². The topological polar surface area (TPSA) is 38.8 Å². The largest absolute Gasteiger partial charge is 0.493 e. The maximum atomic E-state index is 13.0. The minimum atomic E-state index is 0.0128. The summed E-state index contributed by atoms with van der Waals surface area (Å²) in [5, 5.41) is 0.698. The molecule has 1 aliphatic rings. The molecule has 4 nitrogen and oxygen atoms in total. The second-order valence-corrected chi connectivity index (χ2v) is 6.53. The van der Waals surface area contributed by atoms with Crippen LogP contribution in [-0.2, 0) is 6.54 Å². The van der Waals surface area contributed by atoms with Crippen LogP contribution in [0.2, 0.25) is 5.02 Å². The average Bonchev–Trinajstić information content (AvgIpc) is 3.46. The molecule has 3 rings (SSSR count). The number of halogens is 1.